The summed E-state index contributed by atoms with van der Waals surface area (Å²) in [5.74, 6) is 0.325. The minimum Gasteiger partial charge on any atom is -0.405 e. The molecule has 3 aromatic heterocycles. The summed E-state index contributed by atoms with van der Waals surface area (Å²) in [7, 11) is 0. The molecule has 1 aromatic carbocycles. The number of benzene rings is 1. The summed E-state index contributed by atoms with van der Waals surface area (Å²) >= 11 is 1.30. The molecule has 14 heteroatoms. The van der Waals surface area contributed by atoms with E-state index in [2.05, 4.69) is 20.5 Å². The summed E-state index contributed by atoms with van der Waals surface area (Å²) in [5.41, 5.74) is 16.1. The third-order valence-electron chi connectivity index (χ3n) is 9.38. The molecule has 5 N–H and O–H groups in total. The van der Waals surface area contributed by atoms with Crippen molar-refractivity contribution in [1.82, 2.24) is 15.3 Å². The van der Waals surface area contributed by atoms with Gasteiger partial charge in [0.15, 0.2) is 5.82 Å². The van der Waals surface area contributed by atoms with Gasteiger partial charge in [-0.25, -0.2) is 4.98 Å². The molecule has 2 amide bonds. The molecule has 3 aliphatic heterocycles. The van der Waals surface area contributed by atoms with Crippen LogP contribution in [0.5, 0.6) is 0 Å². The first-order valence-electron chi connectivity index (χ1n) is 16.4. The molecular weight excluding hydrogens is 655 g/mol. The number of aryl methyl sites for hydroxylation is 1. The van der Waals surface area contributed by atoms with E-state index in [1.165, 1.54) is 34.7 Å². The maximum atomic E-state index is 14.1. The second-order valence-electron chi connectivity index (χ2n) is 12.8. The van der Waals surface area contributed by atoms with Crippen LogP contribution in [0.4, 0.5) is 22.9 Å². The Kier molecular flexibility index (Phi) is 9.04. The molecule has 0 radical (unpaired) electrons. The Morgan fingerprint density at radius 2 is 1.90 bits per heavy atom. The van der Waals surface area contributed by atoms with E-state index < -0.39 is 0 Å². The number of ether oxygens (including phenoxy) is 1. The van der Waals surface area contributed by atoms with E-state index in [-0.39, 0.29) is 23.1 Å². The zero-order valence-electron chi connectivity index (χ0n) is 27.5. The maximum Gasteiger partial charge on any atom is 0.266 e. The van der Waals surface area contributed by atoms with Crippen molar-refractivity contribution >= 4 is 46.0 Å². The molecule has 3 aliphatic rings. The summed E-state index contributed by atoms with van der Waals surface area (Å²) in [6.07, 6.45) is 10.4. The van der Waals surface area contributed by atoms with E-state index in [1.807, 2.05) is 25.1 Å². The number of thiophene rings is 1. The highest BCUT2D eigenvalue weighted by Gasteiger charge is 2.45. The van der Waals surface area contributed by atoms with Crippen molar-refractivity contribution in [3.63, 3.8) is 0 Å². The third-order valence-corrected chi connectivity index (χ3v) is 10.6. The summed E-state index contributed by atoms with van der Waals surface area (Å²) in [6.45, 7) is 5.55. The number of nitroso groups, excluding NO2 is 1. The lowest BCUT2D eigenvalue weighted by molar-refractivity contribution is -0.000420. The lowest BCUT2D eigenvalue weighted by atomic mass is 9.73. The van der Waals surface area contributed by atoms with E-state index in [9.17, 15) is 14.5 Å². The Morgan fingerprint density at radius 3 is 2.64 bits per heavy atom. The second-order valence-corrected chi connectivity index (χ2v) is 13.8. The first kappa shape index (κ1) is 32.9. The van der Waals surface area contributed by atoms with Gasteiger partial charge in [-0.2, -0.15) is 5.01 Å². The third kappa shape index (κ3) is 6.30. The van der Waals surface area contributed by atoms with Gasteiger partial charge in [0, 0.05) is 56.2 Å². The van der Waals surface area contributed by atoms with Crippen LogP contribution in [0.25, 0.3) is 10.6 Å². The normalized spacial score (nSPS) is 16.7. The summed E-state index contributed by atoms with van der Waals surface area (Å²) in [6, 6.07) is 14.2. The second kappa shape index (κ2) is 13.7. The van der Waals surface area contributed by atoms with Crippen LogP contribution in [0.1, 0.15) is 44.0 Å². The summed E-state index contributed by atoms with van der Waals surface area (Å²) < 4.78 is 5.57. The van der Waals surface area contributed by atoms with Gasteiger partial charge < -0.3 is 31.3 Å². The Bertz CT molecular complexity index is 1990. The maximum absolute atomic E-state index is 14.1. The Labute approximate surface area is 293 Å². The number of aromatic nitrogens is 2. The molecule has 0 atom stereocenters. The van der Waals surface area contributed by atoms with Crippen molar-refractivity contribution in [3.8, 4) is 10.6 Å². The van der Waals surface area contributed by atoms with Gasteiger partial charge in [0.2, 0.25) is 0 Å². The lowest BCUT2D eigenvalue weighted by Gasteiger charge is -2.53. The molecule has 0 unspecified atom stereocenters. The van der Waals surface area contributed by atoms with Gasteiger partial charge in [0.25, 0.3) is 11.8 Å². The molecule has 4 aromatic rings. The van der Waals surface area contributed by atoms with Crippen LogP contribution >= 0.6 is 11.3 Å². The average Bonchev–Trinajstić information content (AvgIpc) is 3.49. The number of nitrogens with zero attached hydrogens (tertiary/aromatic N) is 6. The number of hydrogen-bond donors (Lipinski definition) is 3. The number of pyridine rings is 2. The SMILES string of the molecule is Cc1cnc(N2CC3(CCOCC3)C2)c(N(N=O)c2ccc(C(=O)N3CCc4cc(C(=O)N/C(N)=C/C=C\N)sc4-c4ncccc43)cc2)c1. The van der Waals surface area contributed by atoms with Crippen molar-refractivity contribution < 1.29 is 14.3 Å². The fraction of sp³-hybridized carbons (Fsp3) is 0.278. The molecule has 1 spiro atoms. The Balaban J connectivity index is 1.11. The van der Waals surface area contributed by atoms with Crippen LogP contribution in [-0.4, -0.2) is 54.6 Å². The highest BCUT2D eigenvalue weighted by molar-refractivity contribution is 7.17. The zero-order valence-corrected chi connectivity index (χ0v) is 28.4. The van der Waals surface area contributed by atoms with Gasteiger partial charge >= 0.3 is 0 Å². The van der Waals surface area contributed by atoms with Crippen LogP contribution in [0.15, 0.2) is 90.4 Å². The largest absolute Gasteiger partial charge is 0.405 e. The summed E-state index contributed by atoms with van der Waals surface area (Å²) in [5, 5.41) is 7.40. The van der Waals surface area contributed by atoms with E-state index in [0.29, 0.717) is 52.0 Å². The number of carbonyl (C=O) groups is 2. The zero-order chi connectivity index (χ0) is 34.8. The molecular formula is C36H37N9O4S. The van der Waals surface area contributed by atoms with Crippen LogP contribution < -0.4 is 31.6 Å². The monoisotopic (exact) mass is 691 g/mol. The van der Waals surface area contributed by atoms with Crippen molar-refractivity contribution in [1.29, 1.82) is 0 Å². The smallest absolute Gasteiger partial charge is 0.266 e. The number of nitrogens with two attached hydrogens (primary N) is 2. The fourth-order valence-corrected chi connectivity index (χ4v) is 7.90. The predicted octanol–water partition coefficient (Wildman–Crippen LogP) is 5.16. The quantitative estimate of drug-likeness (QED) is 0.127. The molecule has 6 heterocycles. The molecule has 2 saturated heterocycles. The van der Waals surface area contributed by atoms with Crippen LogP contribution in [0, 0.1) is 17.2 Å². The number of allylic oxidation sites excluding steroid dienone is 2. The standard InChI is InChI=1S/C36H37N9O4S/c1-23-18-28(33(40-20-23)43-21-36(22-43)11-16-49-17-12-36)45(42-48)26-8-6-24(7-9-26)35(47)44-15-10-25-19-29(34(46)41-30(38)5-2-13-37)50-32(25)31-27(44)4-3-14-39-31/h2-9,13-14,18-20H,10-12,15-17,21-22,37-38H2,1H3,(H,41,46)/b13-2-,30-5+. The Morgan fingerprint density at radius 1 is 1.12 bits per heavy atom. The van der Waals surface area contributed by atoms with Gasteiger partial charge in [-0.3, -0.25) is 14.6 Å². The number of carbonyl (C=O) groups excluding carboxylic acids is 2. The first-order valence-corrected chi connectivity index (χ1v) is 17.2. The van der Waals surface area contributed by atoms with E-state index in [1.54, 1.807) is 47.6 Å². The van der Waals surface area contributed by atoms with Crippen molar-refractivity contribution in [3.05, 3.63) is 112 Å². The van der Waals surface area contributed by atoms with Gasteiger partial charge in [0.05, 0.1) is 26.4 Å². The predicted molar refractivity (Wildman–Crippen MR) is 194 cm³/mol. The molecule has 13 nitrogen and oxygen atoms in total. The molecule has 2 fully saturated rings. The topological polar surface area (TPSA) is 172 Å². The lowest BCUT2D eigenvalue weighted by Crippen LogP contribution is -2.59. The van der Waals surface area contributed by atoms with Gasteiger partial charge in [-0.05, 0) is 104 Å². The molecule has 0 aliphatic carbocycles. The van der Waals surface area contributed by atoms with Crippen LogP contribution in [0.2, 0.25) is 0 Å². The minimum atomic E-state index is -0.340. The van der Waals surface area contributed by atoms with Gasteiger partial charge in [0.1, 0.15) is 17.2 Å². The van der Waals surface area contributed by atoms with Crippen LogP contribution in [-0.2, 0) is 11.2 Å². The molecule has 0 bridgehead atoms. The van der Waals surface area contributed by atoms with E-state index in [4.69, 9.17) is 21.2 Å². The molecule has 7 rings (SSSR count). The number of anilines is 4. The Hall–Kier alpha value is -5.60. The molecule has 256 valence electrons. The molecule has 50 heavy (non-hydrogen) atoms. The number of amides is 2. The fourth-order valence-electron chi connectivity index (χ4n) is 6.78. The highest BCUT2D eigenvalue weighted by Crippen LogP contribution is 2.45. The van der Waals surface area contributed by atoms with Crippen molar-refractivity contribution in [2.24, 2.45) is 22.2 Å². The first-order chi connectivity index (χ1) is 24.3. The van der Waals surface area contributed by atoms with Gasteiger partial charge in [-0.15, -0.1) is 16.2 Å². The van der Waals surface area contributed by atoms with Crippen LogP contribution in [0.3, 0.4) is 0 Å². The summed E-state index contributed by atoms with van der Waals surface area (Å²) in [4.78, 5) is 53.9. The van der Waals surface area contributed by atoms with Crippen molar-refractivity contribution in [2.45, 2.75) is 26.2 Å². The van der Waals surface area contributed by atoms with E-state index in [0.717, 1.165) is 55.1 Å². The van der Waals surface area contributed by atoms with E-state index >= 15 is 0 Å². The number of nitrogens with one attached hydrogen (secondary N) is 1. The minimum absolute atomic E-state index is 0.171. The average molecular weight is 692 g/mol. The molecule has 0 saturated carbocycles. The number of rotatable bonds is 8. The van der Waals surface area contributed by atoms with Gasteiger partial charge in [-0.1, -0.05) is 0 Å². The number of fused-ring (bicyclic) bond motifs is 3. The van der Waals surface area contributed by atoms with Crippen molar-refractivity contribution in [2.75, 3.05) is 47.7 Å². The number of hydrogen-bond acceptors (Lipinski definition) is 11. The highest BCUT2D eigenvalue weighted by atomic mass is 32.1.